The fourth-order valence-corrected chi connectivity index (χ4v) is 6.32. The third-order valence-electron chi connectivity index (χ3n) is 5.85. The van der Waals surface area contributed by atoms with Gasteiger partial charge in [-0.3, -0.25) is 19.0 Å². The number of thiophene rings is 1. The zero-order valence-corrected chi connectivity index (χ0v) is 21.2. The van der Waals surface area contributed by atoms with Gasteiger partial charge < -0.3 is 10.2 Å². The van der Waals surface area contributed by atoms with Crippen molar-refractivity contribution in [1.82, 2.24) is 14.5 Å². The molecule has 0 fully saturated rings. The van der Waals surface area contributed by atoms with Crippen molar-refractivity contribution in [2.45, 2.75) is 37.9 Å². The van der Waals surface area contributed by atoms with Gasteiger partial charge in [0.05, 0.1) is 11.1 Å². The highest BCUT2D eigenvalue weighted by Crippen LogP contribution is 2.36. The summed E-state index contributed by atoms with van der Waals surface area (Å²) < 4.78 is 1.61. The number of nitrogens with one attached hydrogen (secondary N) is 1. The van der Waals surface area contributed by atoms with E-state index >= 15 is 0 Å². The summed E-state index contributed by atoms with van der Waals surface area (Å²) in [6.07, 6.45) is 4.66. The number of allylic oxidation sites excluding steroid dienone is 1. The largest absolute Gasteiger partial charge is 0.345 e. The predicted molar refractivity (Wildman–Crippen MR) is 139 cm³/mol. The predicted octanol–water partition coefficient (Wildman–Crippen LogP) is 4.20. The van der Waals surface area contributed by atoms with Crippen LogP contribution in [0.1, 0.15) is 34.1 Å². The molecule has 0 saturated carbocycles. The Bertz CT molecular complexity index is 1310. The van der Waals surface area contributed by atoms with Crippen LogP contribution in [0.4, 0.5) is 5.69 Å². The van der Waals surface area contributed by atoms with E-state index in [2.05, 4.69) is 18.8 Å². The molecule has 1 unspecified atom stereocenters. The maximum atomic E-state index is 13.4. The van der Waals surface area contributed by atoms with E-state index < -0.39 is 0 Å². The molecule has 7 nitrogen and oxygen atoms in total. The van der Waals surface area contributed by atoms with Gasteiger partial charge in [0.2, 0.25) is 5.91 Å². The molecule has 2 aromatic heterocycles. The standard InChI is InChI=1S/C25H28N4O3S2/c1-5-12-29-24(32)21-18-11-6-15(2)13-19(18)34-22(21)27-25(29)33-14-20(30)26-17-9-7-16(8-10-17)23(31)28(3)4/h5,7-10,15H,1,6,11-14H2,2-4H3,(H,26,30). The lowest BCUT2D eigenvalue weighted by atomic mass is 9.89. The van der Waals surface area contributed by atoms with Crippen molar-refractivity contribution >= 4 is 50.8 Å². The summed E-state index contributed by atoms with van der Waals surface area (Å²) in [5.74, 6) is 0.411. The maximum absolute atomic E-state index is 13.4. The van der Waals surface area contributed by atoms with Gasteiger partial charge in [-0.1, -0.05) is 24.8 Å². The van der Waals surface area contributed by atoms with Crippen LogP contribution in [0, 0.1) is 5.92 Å². The number of fused-ring (bicyclic) bond motifs is 3. The number of carbonyl (C=O) groups is 2. The van der Waals surface area contributed by atoms with Crippen LogP contribution in [-0.2, 0) is 24.2 Å². The number of nitrogens with zero attached hydrogens (tertiary/aromatic N) is 3. The first-order valence-corrected chi connectivity index (χ1v) is 13.0. The van der Waals surface area contributed by atoms with Crippen LogP contribution < -0.4 is 10.9 Å². The summed E-state index contributed by atoms with van der Waals surface area (Å²) in [6.45, 7) is 6.37. The fraction of sp³-hybridized carbons (Fsp3) is 0.360. The number of hydrogen-bond donors (Lipinski definition) is 1. The molecular weight excluding hydrogens is 468 g/mol. The molecule has 0 bridgehead atoms. The van der Waals surface area contributed by atoms with Crippen molar-refractivity contribution in [2.75, 3.05) is 25.2 Å². The molecule has 9 heteroatoms. The topological polar surface area (TPSA) is 84.3 Å². The zero-order chi connectivity index (χ0) is 24.4. The summed E-state index contributed by atoms with van der Waals surface area (Å²) in [5.41, 5.74) is 2.25. The van der Waals surface area contributed by atoms with E-state index in [0.29, 0.717) is 28.9 Å². The van der Waals surface area contributed by atoms with Crippen LogP contribution in [0.15, 0.2) is 46.9 Å². The normalized spacial score (nSPS) is 15.1. The average Bonchev–Trinajstić information content (AvgIpc) is 3.17. The van der Waals surface area contributed by atoms with Gasteiger partial charge >= 0.3 is 0 Å². The SMILES string of the molecule is C=CCn1c(SCC(=O)Nc2ccc(C(=O)N(C)C)cc2)nc2sc3c(c2c1=O)CCC(C)C3. The van der Waals surface area contributed by atoms with Gasteiger partial charge in [0, 0.05) is 36.8 Å². The maximum Gasteiger partial charge on any atom is 0.263 e. The molecule has 4 rings (SSSR count). The van der Waals surface area contributed by atoms with Crippen molar-refractivity contribution in [3.8, 4) is 0 Å². The average molecular weight is 497 g/mol. The first kappa shape index (κ1) is 24.2. The van der Waals surface area contributed by atoms with E-state index in [1.165, 1.54) is 21.5 Å². The Kier molecular flexibility index (Phi) is 7.23. The molecule has 1 atom stereocenters. The second kappa shape index (κ2) is 10.1. The van der Waals surface area contributed by atoms with Gasteiger partial charge in [-0.2, -0.15) is 0 Å². The monoisotopic (exact) mass is 496 g/mol. The van der Waals surface area contributed by atoms with Crippen molar-refractivity contribution in [3.63, 3.8) is 0 Å². The van der Waals surface area contributed by atoms with Crippen molar-refractivity contribution < 1.29 is 9.59 Å². The molecule has 2 amide bonds. The van der Waals surface area contributed by atoms with Crippen LogP contribution in [0.5, 0.6) is 0 Å². The Morgan fingerprint density at radius 2 is 2.06 bits per heavy atom. The van der Waals surface area contributed by atoms with Gasteiger partial charge in [-0.25, -0.2) is 4.98 Å². The number of aryl methyl sites for hydroxylation is 1. The fourth-order valence-electron chi connectivity index (χ4n) is 4.09. The summed E-state index contributed by atoms with van der Waals surface area (Å²) in [5, 5.41) is 4.09. The Morgan fingerprint density at radius 1 is 1.32 bits per heavy atom. The Morgan fingerprint density at radius 3 is 2.74 bits per heavy atom. The lowest BCUT2D eigenvalue weighted by Crippen LogP contribution is -2.24. The Balaban J connectivity index is 1.52. The van der Waals surface area contributed by atoms with E-state index in [-0.39, 0.29) is 23.1 Å². The number of amides is 2. The second-order valence-electron chi connectivity index (χ2n) is 8.74. The van der Waals surface area contributed by atoms with Crippen LogP contribution in [0.25, 0.3) is 10.2 Å². The molecule has 0 aliphatic heterocycles. The van der Waals surface area contributed by atoms with Crippen molar-refractivity contribution in [3.05, 3.63) is 63.3 Å². The number of aromatic nitrogens is 2. The van der Waals surface area contributed by atoms with Crippen LogP contribution in [0.2, 0.25) is 0 Å². The van der Waals surface area contributed by atoms with Gasteiger partial charge in [-0.15, -0.1) is 17.9 Å². The smallest absolute Gasteiger partial charge is 0.263 e. The summed E-state index contributed by atoms with van der Waals surface area (Å²) in [6, 6.07) is 6.77. The number of anilines is 1. The van der Waals surface area contributed by atoms with Crippen LogP contribution in [0.3, 0.4) is 0 Å². The lowest BCUT2D eigenvalue weighted by molar-refractivity contribution is -0.113. The van der Waals surface area contributed by atoms with E-state index in [0.717, 1.165) is 35.0 Å². The van der Waals surface area contributed by atoms with E-state index in [9.17, 15) is 14.4 Å². The molecule has 34 heavy (non-hydrogen) atoms. The van der Waals surface area contributed by atoms with E-state index in [1.54, 1.807) is 60.3 Å². The number of rotatable bonds is 7. The third-order valence-corrected chi connectivity index (χ3v) is 7.97. The van der Waals surface area contributed by atoms with Crippen molar-refractivity contribution in [1.29, 1.82) is 0 Å². The molecule has 1 N–H and O–H groups in total. The van der Waals surface area contributed by atoms with E-state index in [4.69, 9.17) is 4.98 Å². The molecule has 1 aliphatic rings. The highest BCUT2D eigenvalue weighted by Gasteiger charge is 2.24. The first-order chi connectivity index (χ1) is 16.3. The van der Waals surface area contributed by atoms with Gasteiger partial charge in [0.15, 0.2) is 5.16 Å². The second-order valence-corrected chi connectivity index (χ2v) is 10.8. The molecule has 3 aromatic rings. The molecule has 1 aliphatic carbocycles. The number of thioether (sulfide) groups is 1. The lowest BCUT2D eigenvalue weighted by Gasteiger charge is -2.17. The number of hydrogen-bond acceptors (Lipinski definition) is 6. The summed E-state index contributed by atoms with van der Waals surface area (Å²) in [7, 11) is 3.39. The quantitative estimate of drug-likeness (QED) is 0.301. The van der Waals surface area contributed by atoms with E-state index in [1.807, 2.05) is 0 Å². The Labute approximate surface area is 206 Å². The molecule has 2 heterocycles. The first-order valence-electron chi connectivity index (χ1n) is 11.2. The minimum absolute atomic E-state index is 0.0546. The van der Waals surface area contributed by atoms with Gasteiger partial charge in [0.25, 0.3) is 11.5 Å². The van der Waals surface area contributed by atoms with Gasteiger partial charge in [-0.05, 0) is 55.0 Å². The highest BCUT2D eigenvalue weighted by atomic mass is 32.2. The van der Waals surface area contributed by atoms with Gasteiger partial charge in [0.1, 0.15) is 4.83 Å². The molecule has 0 spiro atoms. The molecule has 0 saturated heterocycles. The number of carbonyl (C=O) groups excluding carboxylic acids is 2. The zero-order valence-electron chi connectivity index (χ0n) is 19.6. The number of benzene rings is 1. The molecule has 1 aromatic carbocycles. The Hall–Kier alpha value is -2.91. The third kappa shape index (κ3) is 4.95. The van der Waals surface area contributed by atoms with Crippen LogP contribution >= 0.6 is 23.1 Å². The van der Waals surface area contributed by atoms with Crippen molar-refractivity contribution in [2.24, 2.45) is 5.92 Å². The van der Waals surface area contributed by atoms with Crippen LogP contribution in [-0.4, -0.2) is 46.1 Å². The molecular formula is C25H28N4O3S2. The summed E-state index contributed by atoms with van der Waals surface area (Å²) >= 11 is 2.85. The minimum Gasteiger partial charge on any atom is -0.345 e. The molecule has 178 valence electrons. The molecule has 0 radical (unpaired) electrons. The summed E-state index contributed by atoms with van der Waals surface area (Å²) in [4.78, 5) is 46.3. The highest BCUT2D eigenvalue weighted by molar-refractivity contribution is 7.99. The minimum atomic E-state index is -0.213.